The number of aryl methyl sites for hydroxylation is 1. The van der Waals surface area contributed by atoms with Gasteiger partial charge >= 0.3 is 0 Å². The molecule has 6 heteroatoms. The average molecular weight is 345 g/mol. The van der Waals surface area contributed by atoms with Gasteiger partial charge in [0.05, 0.1) is 5.56 Å². The monoisotopic (exact) mass is 344 g/mol. The Morgan fingerprint density at radius 2 is 1.88 bits per heavy atom. The maximum atomic E-state index is 12.9. The van der Waals surface area contributed by atoms with Gasteiger partial charge in [0, 0.05) is 22.7 Å². The molecule has 0 fully saturated rings. The molecule has 1 aliphatic rings. The number of carbonyl (C=O) groups excluding carboxylic acids is 1. The number of amides is 1. The Morgan fingerprint density at radius 3 is 2.54 bits per heavy atom. The van der Waals surface area contributed by atoms with Crippen molar-refractivity contribution in [3.05, 3.63) is 64.2 Å². The third kappa shape index (κ3) is 2.66. The van der Waals surface area contributed by atoms with Crippen molar-refractivity contribution in [1.29, 1.82) is 0 Å². The number of rotatable bonds is 2. The first-order valence-electron chi connectivity index (χ1n) is 7.48. The number of hydrazone groups is 1. The van der Waals surface area contributed by atoms with Gasteiger partial charge in [0.25, 0.3) is 5.91 Å². The van der Waals surface area contributed by atoms with E-state index >= 15 is 0 Å². The van der Waals surface area contributed by atoms with E-state index in [0.717, 1.165) is 5.01 Å². The fourth-order valence-electron chi connectivity index (χ4n) is 2.82. The molecule has 0 saturated heterocycles. The molecule has 0 aromatic heterocycles. The van der Waals surface area contributed by atoms with Gasteiger partial charge in [-0.2, -0.15) is 10.1 Å². The highest BCUT2D eigenvalue weighted by molar-refractivity contribution is 6.30. The van der Waals surface area contributed by atoms with E-state index in [-0.39, 0.29) is 17.7 Å². The van der Waals surface area contributed by atoms with Crippen LogP contribution >= 0.6 is 11.6 Å². The lowest BCUT2D eigenvalue weighted by Gasteiger charge is -2.31. The summed E-state index contributed by atoms with van der Waals surface area (Å²) in [6, 6.07) is 11.5. The minimum atomic E-state index is -1.61. The van der Waals surface area contributed by atoms with Crippen LogP contribution in [0.2, 0.25) is 5.02 Å². The average Bonchev–Trinajstić information content (AvgIpc) is 2.86. The highest BCUT2D eigenvalue weighted by Crippen LogP contribution is 2.38. The number of hydrogen-bond donors (Lipinski definition) is 2. The smallest absolute Gasteiger partial charge is 0.280 e. The summed E-state index contributed by atoms with van der Waals surface area (Å²) in [6.07, 6.45) is 0.187. The van der Waals surface area contributed by atoms with Gasteiger partial charge in [0.2, 0.25) is 0 Å². The second-order valence-corrected chi connectivity index (χ2v) is 6.36. The number of benzene rings is 2. The Hall–Kier alpha value is -2.37. The Bertz CT molecular complexity index is 833. The molecule has 0 unspecified atom stereocenters. The first kappa shape index (κ1) is 16.5. The summed E-state index contributed by atoms with van der Waals surface area (Å²) >= 11 is 5.90. The van der Waals surface area contributed by atoms with E-state index in [0.29, 0.717) is 21.9 Å². The first-order chi connectivity index (χ1) is 11.3. The molecular formula is C18H17ClN2O3. The number of para-hydroxylation sites is 1. The Balaban J connectivity index is 2.05. The van der Waals surface area contributed by atoms with Crippen molar-refractivity contribution < 1.29 is 15.0 Å². The molecule has 0 spiro atoms. The Labute approximate surface area is 144 Å². The van der Waals surface area contributed by atoms with E-state index in [1.54, 1.807) is 50.2 Å². The lowest BCUT2D eigenvalue weighted by Crippen LogP contribution is -2.43. The SMILES string of the molecule is CC1=NN(C(=O)c2cccc(C)c2O)[C@](O)(c2ccc(Cl)cc2)C1. The third-order valence-corrected chi connectivity index (χ3v) is 4.34. The highest BCUT2D eigenvalue weighted by atomic mass is 35.5. The second kappa shape index (κ2) is 5.92. The second-order valence-electron chi connectivity index (χ2n) is 5.92. The Morgan fingerprint density at radius 1 is 1.21 bits per heavy atom. The van der Waals surface area contributed by atoms with Gasteiger partial charge < -0.3 is 10.2 Å². The fraction of sp³-hybridized carbons (Fsp3) is 0.222. The minimum Gasteiger partial charge on any atom is -0.507 e. The van der Waals surface area contributed by atoms with Crippen LogP contribution in [-0.4, -0.2) is 26.8 Å². The molecule has 24 heavy (non-hydrogen) atoms. The van der Waals surface area contributed by atoms with Crippen LogP contribution in [0, 0.1) is 6.92 Å². The fourth-order valence-corrected chi connectivity index (χ4v) is 2.95. The molecule has 0 bridgehead atoms. The van der Waals surface area contributed by atoms with E-state index in [9.17, 15) is 15.0 Å². The molecule has 2 aromatic carbocycles. The lowest BCUT2D eigenvalue weighted by atomic mass is 9.97. The number of carbonyl (C=O) groups is 1. The van der Waals surface area contributed by atoms with Crippen LogP contribution in [0.5, 0.6) is 5.75 Å². The van der Waals surface area contributed by atoms with E-state index in [1.807, 2.05) is 0 Å². The molecule has 1 atom stereocenters. The number of phenols is 1. The number of halogens is 1. The molecule has 0 saturated carbocycles. The summed E-state index contributed by atoms with van der Waals surface area (Å²) in [4.78, 5) is 12.9. The lowest BCUT2D eigenvalue weighted by molar-refractivity contribution is -0.0766. The van der Waals surface area contributed by atoms with E-state index < -0.39 is 11.6 Å². The zero-order valence-corrected chi connectivity index (χ0v) is 14.1. The van der Waals surface area contributed by atoms with Crippen molar-refractivity contribution in [3.63, 3.8) is 0 Å². The van der Waals surface area contributed by atoms with Gasteiger partial charge in [-0.05, 0) is 37.6 Å². The zero-order valence-electron chi connectivity index (χ0n) is 13.3. The molecule has 3 rings (SSSR count). The summed E-state index contributed by atoms with van der Waals surface area (Å²) in [5.41, 5.74) is 0.194. The number of aromatic hydroxyl groups is 1. The highest BCUT2D eigenvalue weighted by Gasteiger charge is 2.45. The van der Waals surface area contributed by atoms with Gasteiger partial charge in [-0.15, -0.1) is 0 Å². The standard InChI is InChI=1S/C18H17ClN2O3/c1-11-4-3-5-15(16(11)22)17(23)21-18(24,10-12(2)20-21)13-6-8-14(19)9-7-13/h3-9,22,24H,10H2,1-2H3/t18-/m1/s1. The minimum absolute atomic E-state index is 0.0980. The number of aliphatic hydroxyl groups is 1. The molecule has 5 nitrogen and oxygen atoms in total. The first-order valence-corrected chi connectivity index (χ1v) is 7.86. The number of nitrogens with zero attached hydrogens (tertiary/aromatic N) is 2. The summed E-state index contributed by atoms with van der Waals surface area (Å²) < 4.78 is 0. The summed E-state index contributed by atoms with van der Waals surface area (Å²) in [7, 11) is 0. The van der Waals surface area contributed by atoms with Gasteiger partial charge in [-0.1, -0.05) is 35.9 Å². The van der Waals surface area contributed by atoms with Gasteiger partial charge in [-0.3, -0.25) is 4.79 Å². The van der Waals surface area contributed by atoms with Crippen molar-refractivity contribution in [2.75, 3.05) is 0 Å². The topological polar surface area (TPSA) is 73.1 Å². The summed E-state index contributed by atoms with van der Waals surface area (Å²) in [5, 5.41) is 27.1. The molecule has 1 aliphatic heterocycles. The zero-order chi connectivity index (χ0) is 17.5. The molecule has 1 heterocycles. The predicted octanol–water partition coefficient (Wildman–Crippen LogP) is 3.42. The van der Waals surface area contributed by atoms with Crippen LogP contribution < -0.4 is 0 Å². The van der Waals surface area contributed by atoms with Crippen LogP contribution in [0.15, 0.2) is 47.6 Å². The van der Waals surface area contributed by atoms with Crippen LogP contribution in [0.1, 0.15) is 34.8 Å². The van der Waals surface area contributed by atoms with Crippen LogP contribution in [0.3, 0.4) is 0 Å². The predicted molar refractivity (Wildman–Crippen MR) is 92.1 cm³/mol. The van der Waals surface area contributed by atoms with Crippen LogP contribution in [0.4, 0.5) is 0 Å². The quantitative estimate of drug-likeness (QED) is 0.876. The molecule has 1 amide bonds. The largest absolute Gasteiger partial charge is 0.507 e. The molecular weight excluding hydrogens is 328 g/mol. The Kier molecular flexibility index (Phi) is 4.07. The maximum absolute atomic E-state index is 12.9. The van der Waals surface area contributed by atoms with Gasteiger partial charge in [0.1, 0.15) is 5.75 Å². The van der Waals surface area contributed by atoms with Crippen molar-refractivity contribution in [3.8, 4) is 5.75 Å². The summed E-state index contributed by atoms with van der Waals surface area (Å²) in [5.74, 6) is -0.675. The molecule has 124 valence electrons. The maximum Gasteiger partial charge on any atom is 0.280 e. The number of hydrogen-bond acceptors (Lipinski definition) is 4. The number of phenolic OH excluding ortho intramolecular Hbond substituents is 1. The van der Waals surface area contributed by atoms with Crippen molar-refractivity contribution in [2.45, 2.75) is 26.0 Å². The van der Waals surface area contributed by atoms with Gasteiger partial charge in [-0.25, -0.2) is 0 Å². The van der Waals surface area contributed by atoms with E-state index in [4.69, 9.17) is 11.6 Å². The van der Waals surface area contributed by atoms with Crippen LogP contribution in [0.25, 0.3) is 0 Å². The third-order valence-electron chi connectivity index (χ3n) is 4.09. The molecule has 2 N–H and O–H groups in total. The van der Waals surface area contributed by atoms with Crippen molar-refractivity contribution in [1.82, 2.24) is 5.01 Å². The summed E-state index contributed by atoms with van der Waals surface area (Å²) in [6.45, 7) is 3.44. The van der Waals surface area contributed by atoms with Gasteiger partial charge in [0.15, 0.2) is 5.72 Å². The van der Waals surface area contributed by atoms with Crippen LogP contribution in [-0.2, 0) is 5.72 Å². The normalized spacial score (nSPS) is 20.2. The van der Waals surface area contributed by atoms with E-state index in [1.165, 1.54) is 6.07 Å². The van der Waals surface area contributed by atoms with Crippen molar-refractivity contribution >= 4 is 23.2 Å². The molecule has 0 radical (unpaired) electrons. The van der Waals surface area contributed by atoms with Crippen molar-refractivity contribution in [2.24, 2.45) is 5.10 Å². The van der Waals surface area contributed by atoms with E-state index in [2.05, 4.69) is 5.10 Å². The molecule has 0 aliphatic carbocycles. The molecule has 2 aromatic rings.